The first-order chi connectivity index (χ1) is 12.4. The van der Waals surface area contributed by atoms with Crippen molar-refractivity contribution >= 4 is 0 Å². The maximum atomic E-state index is 10.1. The van der Waals surface area contributed by atoms with Gasteiger partial charge in [-0.3, -0.25) is 0 Å². The van der Waals surface area contributed by atoms with Crippen molar-refractivity contribution in [3.63, 3.8) is 0 Å². The van der Waals surface area contributed by atoms with E-state index in [0.29, 0.717) is 22.7 Å². The number of rotatable bonds is 2. The highest BCUT2D eigenvalue weighted by Crippen LogP contribution is 2.71. The number of aliphatic hydroxyl groups is 2. The fourth-order valence-electron chi connectivity index (χ4n) is 8.85. The molecule has 0 aromatic heterocycles. The zero-order chi connectivity index (χ0) is 18.1. The van der Waals surface area contributed by atoms with Crippen LogP contribution >= 0.6 is 0 Å². The maximum absolute atomic E-state index is 10.1. The number of hydrogen-bond acceptors (Lipinski definition) is 4. The quantitative estimate of drug-likeness (QED) is 0.607. The molecule has 148 valence electrons. The molecule has 0 radical (unpaired) electrons. The van der Waals surface area contributed by atoms with Crippen molar-refractivity contribution in [3.05, 3.63) is 0 Å². The van der Waals surface area contributed by atoms with E-state index in [2.05, 4.69) is 0 Å². The molecule has 4 bridgehead atoms. The molecule has 0 heterocycles. The largest absolute Gasteiger partial charge is 0.392 e. The second kappa shape index (κ2) is 6.17. The zero-order valence-electron chi connectivity index (χ0n) is 16.2. The van der Waals surface area contributed by atoms with Crippen LogP contribution in [0.4, 0.5) is 0 Å². The Morgan fingerprint density at radius 3 is 1.42 bits per heavy atom. The van der Waals surface area contributed by atoms with Crippen molar-refractivity contribution in [2.24, 2.45) is 46.0 Å². The van der Waals surface area contributed by atoms with Crippen LogP contribution in [0.2, 0.25) is 0 Å². The van der Waals surface area contributed by atoms with Gasteiger partial charge in [-0.2, -0.15) is 0 Å². The Morgan fingerprint density at radius 1 is 0.615 bits per heavy atom. The van der Waals surface area contributed by atoms with E-state index in [0.717, 1.165) is 37.5 Å². The highest BCUT2D eigenvalue weighted by molar-refractivity contribution is 5.12. The third-order valence-electron chi connectivity index (χ3n) is 9.61. The van der Waals surface area contributed by atoms with Crippen molar-refractivity contribution in [2.75, 3.05) is 0 Å². The Bertz CT molecular complexity index is 494. The molecule has 6 atom stereocenters. The van der Waals surface area contributed by atoms with Gasteiger partial charge in [0, 0.05) is 12.1 Å². The van der Waals surface area contributed by atoms with Crippen molar-refractivity contribution in [1.82, 2.24) is 0 Å². The molecular weight excluding hydrogens is 324 g/mol. The fraction of sp³-hybridized carbons (Fsp3) is 1.00. The van der Waals surface area contributed by atoms with Crippen molar-refractivity contribution in [2.45, 2.75) is 101 Å². The summed E-state index contributed by atoms with van der Waals surface area (Å²) >= 11 is 0. The van der Waals surface area contributed by atoms with Gasteiger partial charge < -0.3 is 21.7 Å². The molecule has 26 heavy (non-hydrogen) atoms. The van der Waals surface area contributed by atoms with Crippen LogP contribution in [0.15, 0.2) is 0 Å². The van der Waals surface area contributed by atoms with Crippen LogP contribution in [-0.4, -0.2) is 34.5 Å². The highest BCUT2D eigenvalue weighted by atomic mass is 16.3. The lowest BCUT2D eigenvalue weighted by atomic mass is 9.38. The first-order valence-corrected chi connectivity index (χ1v) is 11.3. The molecule has 6 fully saturated rings. The summed E-state index contributed by atoms with van der Waals surface area (Å²) in [5, 5.41) is 20.2. The molecule has 0 amide bonds. The number of hydrogen-bond donors (Lipinski definition) is 4. The molecule has 6 unspecified atom stereocenters. The third kappa shape index (κ3) is 2.70. The van der Waals surface area contributed by atoms with Crippen LogP contribution in [0.5, 0.6) is 0 Å². The van der Waals surface area contributed by atoms with Crippen LogP contribution in [0.1, 0.15) is 77.0 Å². The monoisotopic (exact) mass is 362 g/mol. The average Bonchev–Trinajstić information content (AvgIpc) is 2.58. The zero-order valence-corrected chi connectivity index (χ0v) is 16.2. The molecule has 0 spiro atoms. The second-order valence-corrected chi connectivity index (χ2v) is 11.2. The summed E-state index contributed by atoms with van der Waals surface area (Å²) in [6.07, 6.45) is 14.1. The Hall–Kier alpha value is -0.160. The molecule has 6 saturated carbocycles. The van der Waals surface area contributed by atoms with Crippen LogP contribution in [0.25, 0.3) is 0 Å². The molecule has 0 aromatic rings. The molecule has 0 aromatic carbocycles. The van der Waals surface area contributed by atoms with Gasteiger partial charge in [0.05, 0.1) is 12.2 Å². The van der Waals surface area contributed by atoms with Crippen LogP contribution in [0.3, 0.4) is 0 Å². The van der Waals surface area contributed by atoms with Crippen molar-refractivity contribution in [3.8, 4) is 0 Å². The topological polar surface area (TPSA) is 92.5 Å². The molecule has 0 aliphatic heterocycles. The molecular formula is C22H38N2O2. The molecule has 6 N–H and O–H groups in total. The standard InChI is InChI=1S/C22H38N2O2/c23-17-6-15(1-3-19(17)25)21-8-13-5-14(9-21)11-22(10-13,12-21)16-2-4-20(26)18(24)7-16/h13-20,25-26H,1-12,23-24H2. The van der Waals surface area contributed by atoms with E-state index in [9.17, 15) is 10.2 Å². The van der Waals surface area contributed by atoms with Gasteiger partial charge in [-0.05, 0) is 112 Å². The van der Waals surface area contributed by atoms with Crippen LogP contribution in [0, 0.1) is 34.5 Å². The van der Waals surface area contributed by atoms with Gasteiger partial charge in [0.2, 0.25) is 0 Å². The molecule has 6 rings (SSSR count). The number of nitrogens with two attached hydrogens (primary N) is 2. The Kier molecular flexibility index (Phi) is 4.25. The van der Waals surface area contributed by atoms with E-state index in [1.165, 1.54) is 51.4 Å². The summed E-state index contributed by atoms with van der Waals surface area (Å²) < 4.78 is 0. The minimum atomic E-state index is -0.285. The predicted octanol–water partition coefficient (Wildman–Crippen LogP) is 2.55. The summed E-state index contributed by atoms with van der Waals surface area (Å²) in [4.78, 5) is 0. The Morgan fingerprint density at radius 2 is 1.04 bits per heavy atom. The van der Waals surface area contributed by atoms with Gasteiger partial charge in [0.15, 0.2) is 0 Å². The third-order valence-corrected chi connectivity index (χ3v) is 9.61. The van der Waals surface area contributed by atoms with Gasteiger partial charge in [0.25, 0.3) is 0 Å². The lowest BCUT2D eigenvalue weighted by Crippen LogP contribution is -2.59. The summed E-state index contributed by atoms with van der Waals surface area (Å²) in [7, 11) is 0. The summed E-state index contributed by atoms with van der Waals surface area (Å²) in [5.74, 6) is 3.24. The van der Waals surface area contributed by atoms with Gasteiger partial charge >= 0.3 is 0 Å². The lowest BCUT2D eigenvalue weighted by Gasteiger charge is -2.67. The van der Waals surface area contributed by atoms with Crippen molar-refractivity contribution < 1.29 is 10.2 Å². The van der Waals surface area contributed by atoms with Gasteiger partial charge in [-0.15, -0.1) is 0 Å². The predicted molar refractivity (Wildman–Crippen MR) is 102 cm³/mol. The first-order valence-electron chi connectivity index (χ1n) is 11.3. The van der Waals surface area contributed by atoms with E-state index in [4.69, 9.17) is 11.5 Å². The normalized spacial score (nSPS) is 59.5. The van der Waals surface area contributed by atoms with E-state index >= 15 is 0 Å². The summed E-state index contributed by atoms with van der Waals surface area (Å²) in [5.41, 5.74) is 13.6. The second-order valence-electron chi connectivity index (χ2n) is 11.2. The Labute approximate surface area is 158 Å². The SMILES string of the molecule is NC1CC(C23CC4CC(C2)CC(C2CCC(O)C(N)C2)(C4)C3)CCC1O. The smallest absolute Gasteiger partial charge is 0.0691 e. The van der Waals surface area contributed by atoms with E-state index in [-0.39, 0.29) is 24.3 Å². The maximum Gasteiger partial charge on any atom is 0.0691 e. The Balaban J connectivity index is 1.41. The molecule has 0 saturated heterocycles. The fourth-order valence-corrected chi connectivity index (χ4v) is 8.85. The summed E-state index contributed by atoms with van der Waals surface area (Å²) in [6.45, 7) is 0. The van der Waals surface area contributed by atoms with Gasteiger partial charge in [-0.25, -0.2) is 0 Å². The average molecular weight is 363 g/mol. The number of aliphatic hydroxyl groups excluding tert-OH is 2. The highest BCUT2D eigenvalue weighted by Gasteiger charge is 2.62. The van der Waals surface area contributed by atoms with E-state index in [1.54, 1.807) is 0 Å². The van der Waals surface area contributed by atoms with Crippen molar-refractivity contribution in [1.29, 1.82) is 0 Å². The van der Waals surface area contributed by atoms with Gasteiger partial charge in [0.1, 0.15) is 0 Å². The minimum absolute atomic E-state index is 0.0176. The lowest BCUT2D eigenvalue weighted by molar-refractivity contribution is -0.174. The van der Waals surface area contributed by atoms with Crippen LogP contribution < -0.4 is 11.5 Å². The molecule has 6 aliphatic carbocycles. The molecule has 4 heteroatoms. The molecule has 4 nitrogen and oxygen atoms in total. The van der Waals surface area contributed by atoms with E-state index in [1.807, 2.05) is 0 Å². The van der Waals surface area contributed by atoms with Gasteiger partial charge in [-0.1, -0.05) is 0 Å². The first kappa shape index (κ1) is 17.9. The minimum Gasteiger partial charge on any atom is -0.392 e. The molecule has 6 aliphatic rings. The van der Waals surface area contributed by atoms with Crippen LogP contribution in [-0.2, 0) is 0 Å². The summed E-state index contributed by atoms with van der Waals surface area (Å²) in [6, 6.07) is -0.0353. The van der Waals surface area contributed by atoms with E-state index < -0.39 is 0 Å².